The van der Waals surface area contributed by atoms with Gasteiger partial charge in [0, 0.05) is 18.8 Å². The van der Waals surface area contributed by atoms with E-state index in [1.165, 1.54) is 15.2 Å². The molecule has 0 atom stereocenters. The molecule has 1 saturated carbocycles. The number of hydrogen-bond donors (Lipinski definition) is 1. The summed E-state index contributed by atoms with van der Waals surface area (Å²) in [4.78, 5) is 11.6. The molecule has 1 aliphatic carbocycles. The Morgan fingerprint density at radius 2 is 2.19 bits per heavy atom. The van der Waals surface area contributed by atoms with Crippen molar-refractivity contribution >= 4 is 21.8 Å². The highest BCUT2D eigenvalue weighted by atomic mass is 32.2. The number of carbonyl (C=O) groups excluding carboxylic acids is 1. The number of aryl methyl sites for hydroxylation is 1. The molecule has 0 unspecified atom stereocenters. The number of rotatable bonds is 7. The second kappa shape index (κ2) is 6.02. The van der Waals surface area contributed by atoms with E-state index in [1.807, 2.05) is 6.92 Å². The first-order valence-corrected chi connectivity index (χ1v) is 8.34. The van der Waals surface area contributed by atoms with E-state index < -0.39 is 16.0 Å². The van der Waals surface area contributed by atoms with Gasteiger partial charge in [-0.15, -0.1) is 0 Å². The molecule has 8 nitrogen and oxygen atoms in total. The molecule has 118 valence electrons. The summed E-state index contributed by atoms with van der Waals surface area (Å²) < 4.78 is 32.8. The smallest absolute Gasteiger partial charge is 0.321 e. The van der Waals surface area contributed by atoms with Crippen LogP contribution in [0.1, 0.15) is 26.7 Å². The molecule has 2 rings (SSSR count). The van der Waals surface area contributed by atoms with E-state index >= 15 is 0 Å². The highest BCUT2D eigenvalue weighted by Crippen LogP contribution is 2.33. The fourth-order valence-corrected chi connectivity index (χ4v) is 3.70. The second-order valence-corrected chi connectivity index (χ2v) is 6.68. The first-order valence-electron chi connectivity index (χ1n) is 6.90. The number of esters is 1. The first kappa shape index (κ1) is 15.8. The quantitative estimate of drug-likeness (QED) is 0.720. The van der Waals surface area contributed by atoms with Gasteiger partial charge in [-0.05, 0) is 26.7 Å². The zero-order valence-corrected chi connectivity index (χ0v) is 13.0. The summed E-state index contributed by atoms with van der Waals surface area (Å²) in [5, 5.41) is 3.95. The van der Waals surface area contributed by atoms with Crippen molar-refractivity contribution in [3.63, 3.8) is 0 Å². The number of nitrogens with two attached hydrogens (primary N) is 1. The summed E-state index contributed by atoms with van der Waals surface area (Å²) in [6.45, 7) is 3.95. The number of anilines is 1. The molecule has 21 heavy (non-hydrogen) atoms. The summed E-state index contributed by atoms with van der Waals surface area (Å²) in [6.07, 6.45) is 2.87. The third-order valence-electron chi connectivity index (χ3n) is 3.21. The van der Waals surface area contributed by atoms with Gasteiger partial charge in [0.15, 0.2) is 5.82 Å². The molecule has 0 aliphatic heterocycles. The van der Waals surface area contributed by atoms with Crippen LogP contribution in [0.4, 0.5) is 5.82 Å². The average Bonchev–Trinajstić information content (AvgIpc) is 3.18. The van der Waals surface area contributed by atoms with Crippen molar-refractivity contribution in [1.29, 1.82) is 0 Å². The summed E-state index contributed by atoms with van der Waals surface area (Å²) in [7, 11) is -3.85. The summed E-state index contributed by atoms with van der Waals surface area (Å²) in [5.74, 6) is -0.610. The van der Waals surface area contributed by atoms with Gasteiger partial charge in [-0.3, -0.25) is 9.48 Å². The van der Waals surface area contributed by atoms with Crippen LogP contribution in [0.3, 0.4) is 0 Å². The van der Waals surface area contributed by atoms with Gasteiger partial charge in [0.25, 0.3) is 0 Å². The fraction of sp³-hybridized carbons (Fsp3) is 0.667. The van der Waals surface area contributed by atoms with Crippen molar-refractivity contribution in [2.24, 2.45) is 0 Å². The van der Waals surface area contributed by atoms with Crippen molar-refractivity contribution in [2.75, 3.05) is 18.9 Å². The Morgan fingerprint density at radius 1 is 1.52 bits per heavy atom. The van der Waals surface area contributed by atoms with Crippen LogP contribution in [0, 0.1) is 0 Å². The summed E-state index contributed by atoms with van der Waals surface area (Å²) in [5.41, 5.74) is 5.70. The number of hydrogen-bond acceptors (Lipinski definition) is 6. The van der Waals surface area contributed by atoms with E-state index in [-0.39, 0.29) is 29.9 Å². The molecule has 1 aromatic heterocycles. The van der Waals surface area contributed by atoms with Crippen LogP contribution in [-0.4, -0.2) is 47.7 Å². The number of nitrogen functional groups attached to an aromatic ring is 1. The molecule has 2 N–H and O–H groups in total. The maximum atomic E-state index is 12.7. The predicted octanol–water partition coefficient (Wildman–Crippen LogP) is 0.201. The van der Waals surface area contributed by atoms with E-state index in [0.29, 0.717) is 6.54 Å². The lowest BCUT2D eigenvalue weighted by atomic mass is 10.6. The van der Waals surface area contributed by atoms with Crippen LogP contribution in [-0.2, 0) is 26.1 Å². The van der Waals surface area contributed by atoms with Crippen LogP contribution < -0.4 is 5.73 Å². The van der Waals surface area contributed by atoms with Gasteiger partial charge in [-0.2, -0.15) is 9.40 Å². The lowest BCUT2D eigenvalue weighted by Gasteiger charge is -2.20. The van der Waals surface area contributed by atoms with Gasteiger partial charge in [0.05, 0.1) is 6.61 Å². The molecule has 9 heteroatoms. The number of carbonyl (C=O) groups is 1. The first-order chi connectivity index (χ1) is 9.90. The van der Waals surface area contributed by atoms with Crippen LogP contribution >= 0.6 is 0 Å². The van der Waals surface area contributed by atoms with Crippen LogP contribution in [0.15, 0.2) is 11.1 Å². The molecule has 0 saturated heterocycles. The average molecular weight is 316 g/mol. The Kier molecular flexibility index (Phi) is 4.52. The van der Waals surface area contributed by atoms with Gasteiger partial charge < -0.3 is 10.5 Å². The molecule has 1 fully saturated rings. The molecule has 0 amide bonds. The van der Waals surface area contributed by atoms with E-state index in [4.69, 9.17) is 10.5 Å². The molecule has 1 heterocycles. The van der Waals surface area contributed by atoms with Crippen LogP contribution in [0.2, 0.25) is 0 Å². The number of aromatic nitrogens is 2. The SMILES string of the molecule is CCOC(=O)CN(C1CC1)S(=O)(=O)c1cn(CC)nc1N. The molecular weight excluding hydrogens is 296 g/mol. The Labute approximate surface area is 123 Å². The maximum absolute atomic E-state index is 12.7. The third kappa shape index (κ3) is 3.35. The van der Waals surface area contributed by atoms with Gasteiger partial charge >= 0.3 is 5.97 Å². The van der Waals surface area contributed by atoms with Gasteiger partial charge in [-0.1, -0.05) is 0 Å². The summed E-state index contributed by atoms with van der Waals surface area (Å²) >= 11 is 0. The zero-order valence-electron chi connectivity index (χ0n) is 12.2. The standard InChI is InChI=1S/C12H20N4O4S/c1-3-15-7-10(12(13)14-15)21(18,19)16(9-5-6-9)8-11(17)20-4-2/h7,9H,3-6,8H2,1-2H3,(H2,13,14). The minimum atomic E-state index is -3.85. The van der Waals surface area contributed by atoms with E-state index in [0.717, 1.165) is 12.8 Å². The lowest BCUT2D eigenvalue weighted by Crippen LogP contribution is -2.38. The Balaban J connectivity index is 2.29. The van der Waals surface area contributed by atoms with Gasteiger partial charge in [0.1, 0.15) is 11.4 Å². The van der Waals surface area contributed by atoms with Crippen molar-refractivity contribution < 1.29 is 17.9 Å². The predicted molar refractivity (Wildman–Crippen MR) is 75.9 cm³/mol. The summed E-state index contributed by atoms with van der Waals surface area (Å²) in [6, 6.07) is -0.163. The number of ether oxygens (including phenoxy) is 1. The van der Waals surface area contributed by atoms with Gasteiger partial charge in [0.2, 0.25) is 10.0 Å². The Morgan fingerprint density at radius 3 is 2.67 bits per heavy atom. The van der Waals surface area contributed by atoms with E-state index in [1.54, 1.807) is 6.92 Å². The molecule has 1 aromatic rings. The molecular formula is C12H20N4O4S. The lowest BCUT2D eigenvalue weighted by molar-refractivity contribution is -0.143. The second-order valence-electron chi connectivity index (χ2n) is 4.82. The van der Waals surface area contributed by atoms with E-state index in [2.05, 4.69) is 5.10 Å². The molecule has 0 radical (unpaired) electrons. The van der Waals surface area contributed by atoms with Crippen LogP contribution in [0.5, 0.6) is 0 Å². The van der Waals surface area contributed by atoms with Crippen molar-refractivity contribution in [2.45, 2.75) is 44.2 Å². The number of nitrogens with zero attached hydrogens (tertiary/aromatic N) is 3. The highest BCUT2D eigenvalue weighted by molar-refractivity contribution is 7.89. The largest absolute Gasteiger partial charge is 0.465 e. The van der Waals surface area contributed by atoms with E-state index in [9.17, 15) is 13.2 Å². The minimum absolute atomic E-state index is 0.0497. The van der Waals surface area contributed by atoms with Crippen molar-refractivity contribution in [3.05, 3.63) is 6.20 Å². The third-order valence-corrected chi connectivity index (χ3v) is 5.13. The number of sulfonamides is 1. The molecule has 1 aliphatic rings. The van der Waals surface area contributed by atoms with Crippen molar-refractivity contribution in [1.82, 2.24) is 14.1 Å². The normalized spacial score (nSPS) is 15.4. The minimum Gasteiger partial charge on any atom is -0.465 e. The monoisotopic (exact) mass is 316 g/mol. The van der Waals surface area contributed by atoms with Gasteiger partial charge in [-0.25, -0.2) is 8.42 Å². The zero-order chi connectivity index (χ0) is 15.6. The molecule has 0 spiro atoms. The van der Waals surface area contributed by atoms with Crippen molar-refractivity contribution in [3.8, 4) is 0 Å². The highest BCUT2D eigenvalue weighted by Gasteiger charge is 2.41. The molecule has 0 bridgehead atoms. The topological polar surface area (TPSA) is 108 Å². The fourth-order valence-electron chi connectivity index (χ4n) is 2.01. The molecule has 0 aromatic carbocycles. The Hall–Kier alpha value is -1.61. The van der Waals surface area contributed by atoms with Crippen LogP contribution in [0.25, 0.3) is 0 Å². The maximum Gasteiger partial charge on any atom is 0.321 e. The Bertz CT molecular complexity index is 621.